The molecule has 0 saturated carbocycles. The monoisotopic (exact) mass is 231 g/mol. The number of carboxylic acid groups (broad SMARTS) is 1. The van der Waals surface area contributed by atoms with Crippen LogP contribution in [0.1, 0.15) is 47.3 Å². The minimum atomic E-state index is -0.823. The van der Waals surface area contributed by atoms with E-state index in [1.54, 1.807) is 6.07 Å². The van der Waals surface area contributed by atoms with Gasteiger partial charge in [-0.15, -0.1) is 0 Å². The van der Waals surface area contributed by atoms with Gasteiger partial charge >= 0.3 is 5.97 Å². The summed E-state index contributed by atoms with van der Waals surface area (Å²) < 4.78 is 0. The van der Waals surface area contributed by atoms with E-state index in [2.05, 4.69) is 11.8 Å². The van der Waals surface area contributed by atoms with Crippen molar-refractivity contribution in [2.24, 2.45) is 0 Å². The molecule has 2 atom stereocenters. The third kappa shape index (κ3) is 1.57. The molecule has 3 rings (SSSR count). The van der Waals surface area contributed by atoms with Crippen molar-refractivity contribution in [3.05, 3.63) is 34.9 Å². The van der Waals surface area contributed by atoms with E-state index in [9.17, 15) is 4.79 Å². The second-order valence-electron chi connectivity index (χ2n) is 5.00. The average Bonchev–Trinajstić information content (AvgIpc) is 2.63. The lowest BCUT2D eigenvalue weighted by Crippen LogP contribution is -2.37. The summed E-state index contributed by atoms with van der Waals surface area (Å²) in [5.74, 6) is -0.823. The third-order valence-corrected chi connectivity index (χ3v) is 4.22. The molecular weight excluding hydrogens is 214 g/mol. The highest BCUT2D eigenvalue weighted by Crippen LogP contribution is 2.43. The van der Waals surface area contributed by atoms with Crippen molar-refractivity contribution in [1.82, 2.24) is 4.90 Å². The number of nitrogens with zero attached hydrogens (tertiary/aromatic N) is 1. The van der Waals surface area contributed by atoms with Gasteiger partial charge in [0.1, 0.15) is 0 Å². The van der Waals surface area contributed by atoms with Crippen LogP contribution in [0.4, 0.5) is 0 Å². The first-order chi connectivity index (χ1) is 8.20. The number of fused-ring (bicyclic) bond motifs is 4. The van der Waals surface area contributed by atoms with E-state index in [1.807, 2.05) is 12.1 Å². The van der Waals surface area contributed by atoms with Gasteiger partial charge in [-0.2, -0.15) is 0 Å². The summed E-state index contributed by atoms with van der Waals surface area (Å²) in [4.78, 5) is 13.6. The van der Waals surface area contributed by atoms with Gasteiger partial charge in [0, 0.05) is 12.1 Å². The number of rotatable bonds is 2. The van der Waals surface area contributed by atoms with Crippen LogP contribution in [0.5, 0.6) is 0 Å². The Morgan fingerprint density at radius 2 is 2.29 bits per heavy atom. The zero-order valence-electron chi connectivity index (χ0n) is 10.0. The van der Waals surface area contributed by atoms with Crippen molar-refractivity contribution in [3.63, 3.8) is 0 Å². The highest BCUT2D eigenvalue weighted by atomic mass is 16.4. The second-order valence-corrected chi connectivity index (χ2v) is 5.00. The fourth-order valence-electron chi connectivity index (χ4n) is 3.45. The first-order valence-electron chi connectivity index (χ1n) is 6.32. The van der Waals surface area contributed by atoms with Gasteiger partial charge < -0.3 is 5.11 Å². The van der Waals surface area contributed by atoms with E-state index in [0.717, 1.165) is 13.0 Å². The molecule has 2 heterocycles. The molecule has 90 valence electrons. The summed E-state index contributed by atoms with van der Waals surface area (Å²) in [5, 5.41) is 9.07. The molecule has 0 spiro atoms. The summed E-state index contributed by atoms with van der Waals surface area (Å²) in [5.41, 5.74) is 3.03. The molecule has 0 aliphatic carbocycles. The number of hydrogen-bond donors (Lipinski definition) is 1. The fraction of sp³-hybridized carbons (Fsp3) is 0.500. The Morgan fingerprint density at radius 1 is 1.47 bits per heavy atom. The van der Waals surface area contributed by atoms with Crippen molar-refractivity contribution < 1.29 is 9.90 Å². The minimum absolute atomic E-state index is 0.421. The van der Waals surface area contributed by atoms with Gasteiger partial charge in [0.2, 0.25) is 0 Å². The summed E-state index contributed by atoms with van der Waals surface area (Å²) in [6, 6.07) is 6.76. The lowest BCUT2D eigenvalue weighted by atomic mass is 9.91. The molecular formula is C14H17NO2. The predicted octanol–water partition coefficient (Wildman–Crippen LogP) is 2.47. The van der Waals surface area contributed by atoms with Crippen LogP contribution in [0.25, 0.3) is 0 Å². The first-order valence-corrected chi connectivity index (χ1v) is 6.32. The number of hydrogen-bond acceptors (Lipinski definition) is 2. The predicted molar refractivity (Wildman–Crippen MR) is 65.2 cm³/mol. The number of carbonyl (C=O) groups is 1. The standard InChI is InChI=1S/C14H17NO2/c1-2-15-11-5-6-13(15)12-8-10(14(16)17)4-3-9(12)7-11/h3-4,8,11,13H,2,5-7H2,1H3,(H,16,17). The normalized spacial score (nSPS) is 26.9. The van der Waals surface area contributed by atoms with Gasteiger partial charge in [-0.3, -0.25) is 4.90 Å². The fourth-order valence-corrected chi connectivity index (χ4v) is 3.45. The number of likely N-dealkylation sites (N-methyl/N-ethyl adjacent to an activating group) is 1. The molecule has 1 saturated heterocycles. The molecule has 2 aliphatic rings. The van der Waals surface area contributed by atoms with Crippen LogP contribution in [0.3, 0.4) is 0 Å². The highest BCUT2D eigenvalue weighted by molar-refractivity contribution is 5.88. The molecule has 0 radical (unpaired) electrons. The summed E-state index contributed by atoms with van der Waals surface area (Å²) in [6.45, 7) is 3.25. The van der Waals surface area contributed by atoms with Crippen molar-refractivity contribution in [2.75, 3.05) is 6.54 Å². The van der Waals surface area contributed by atoms with Gasteiger partial charge in [-0.25, -0.2) is 4.79 Å². The average molecular weight is 231 g/mol. The van der Waals surface area contributed by atoms with Gasteiger partial charge in [0.25, 0.3) is 0 Å². The molecule has 1 fully saturated rings. The molecule has 2 unspecified atom stereocenters. The van der Waals surface area contributed by atoms with E-state index in [4.69, 9.17) is 5.11 Å². The zero-order chi connectivity index (χ0) is 12.0. The second kappa shape index (κ2) is 3.84. The van der Waals surface area contributed by atoms with Gasteiger partial charge in [0.05, 0.1) is 5.56 Å². The Morgan fingerprint density at radius 3 is 3.00 bits per heavy atom. The van der Waals surface area contributed by atoms with Gasteiger partial charge in [-0.1, -0.05) is 13.0 Å². The minimum Gasteiger partial charge on any atom is -0.478 e. The van der Waals surface area contributed by atoms with E-state index >= 15 is 0 Å². The van der Waals surface area contributed by atoms with Crippen LogP contribution < -0.4 is 0 Å². The molecule has 2 aliphatic heterocycles. The number of aromatic carboxylic acids is 1. The SMILES string of the molecule is CCN1C2CCC1c1cc(C(=O)O)ccc1C2. The van der Waals surface area contributed by atoms with E-state index in [-0.39, 0.29) is 0 Å². The maximum Gasteiger partial charge on any atom is 0.335 e. The Kier molecular flexibility index (Phi) is 2.44. The van der Waals surface area contributed by atoms with E-state index in [0.29, 0.717) is 17.6 Å². The maximum atomic E-state index is 11.0. The van der Waals surface area contributed by atoms with Crippen molar-refractivity contribution in [3.8, 4) is 0 Å². The van der Waals surface area contributed by atoms with Crippen LogP contribution in [0, 0.1) is 0 Å². The largest absolute Gasteiger partial charge is 0.478 e. The maximum absolute atomic E-state index is 11.0. The Balaban J connectivity index is 2.05. The molecule has 0 aromatic heterocycles. The molecule has 3 nitrogen and oxygen atoms in total. The van der Waals surface area contributed by atoms with Gasteiger partial charge in [0.15, 0.2) is 0 Å². The molecule has 0 amide bonds. The number of benzene rings is 1. The van der Waals surface area contributed by atoms with E-state index in [1.165, 1.54) is 24.0 Å². The quantitative estimate of drug-likeness (QED) is 0.850. The van der Waals surface area contributed by atoms with Crippen molar-refractivity contribution in [1.29, 1.82) is 0 Å². The Bertz CT molecular complexity index is 469. The Labute approximate surface area is 101 Å². The van der Waals surface area contributed by atoms with Crippen molar-refractivity contribution in [2.45, 2.75) is 38.3 Å². The molecule has 2 bridgehead atoms. The lowest BCUT2D eigenvalue weighted by molar-refractivity contribution is 0.0696. The van der Waals surface area contributed by atoms with Crippen LogP contribution in [0.2, 0.25) is 0 Å². The van der Waals surface area contributed by atoms with Crippen molar-refractivity contribution >= 4 is 5.97 Å². The summed E-state index contributed by atoms with van der Waals surface area (Å²) in [6.07, 6.45) is 3.50. The Hall–Kier alpha value is -1.35. The molecule has 17 heavy (non-hydrogen) atoms. The lowest BCUT2D eigenvalue weighted by Gasteiger charge is -2.35. The molecule has 1 aromatic rings. The molecule has 1 aromatic carbocycles. The van der Waals surface area contributed by atoms with Crippen LogP contribution >= 0.6 is 0 Å². The van der Waals surface area contributed by atoms with E-state index < -0.39 is 5.97 Å². The third-order valence-electron chi connectivity index (χ3n) is 4.22. The van der Waals surface area contributed by atoms with Crippen LogP contribution in [0.15, 0.2) is 18.2 Å². The molecule has 1 N–H and O–H groups in total. The zero-order valence-corrected chi connectivity index (χ0v) is 10.0. The van der Waals surface area contributed by atoms with Crippen LogP contribution in [-0.2, 0) is 6.42 Å². The molecule has 3 heteroatoms. The smallest absolute Gasteiger partial charge is 0.335 e. The highest BCUT2D eigenvalue weighted by Gasteiger charge is 2.38. The number of carboxylic acids is 1. The first kappa shape index (κ1) is 10.8. The summed E-state index contributed by atoms with van der Waals surface area (Å²) in [7, 11) is 0. The van der Waals surface area contributed by atoms with Gasteiger partial charge in [-0.05, 0) is 49.1 Å². The van der Waals surface area contributed by atoms with Crippen LogP contribution in [-0.4, -0.2) is 28.6 Å². The summed E-state index contributed by atoms with van der Waals surface area (Å²) >= 11 is 0. The topological polar surface area (TPSA) is 40.5 Å².